The Morgan fingerprint density at radius 3 is 2.02 bits per heavy atom. The Balaban J connectivity index is 1.89. The van der Waals surface area contributed by atoms with Crippen LogP contribution in [0.25, 0.3) is 0 Å². The zero-order valence-corrected chi connectivity index (χ0v) is 29.5. The SMILES string of the molecule is CC[C@H](C)NC(=O)[C@H](Cc1ccccc1)N(Cc1ccc(Cl)c(Cl)c1)C(=O)CN(c1cc(C(F)(F)F)ccc1Cl)S(=O)(=O)c1ccccc1. The van der Waals surface area contributed by atoms with Gasteiger partial charge in [0.15, 0.2) is 0 Å². The molecule has 1 N–H and O–H groups in total. The van der Waals surface area contributed by atoms with Crippen LogP contribution in [0.15, 0.2) is 102 Å². The third kappa shape index (κ3) is 9.69. The summed E-state index contributed by atoms with van der Waals surface area (Å²) in [6.45, 7) is 2.45. The molecule has 0 fully saturated rings. The second-order valence-corrected chi connectivity index (χ2v) is 14.4. The van der Waals surface area contributed by atoms with Crippen LogP contribution in [0, 0.1) is 0 Å². The molecule has 4 aromatic rings. The van der Waals surface area contributed by atoms with E-state index in [4.69, 9.17) is 34.8 Å². The van der Waals surface area contributed by atoms with Gasteiger partial charge in [0.2, 0.25) is 11.8 Å². The molecule has 4 rings (SSSR count). The third-order valence-electron chi connectivity index (χ3n) is 7.76. The predicted octanol–water partition coefficient (Wildman–Crippen LogP) is 8.42. The number of benzene rings is 4. The van der Waals surface area contributed by atoms with Crippen LogP contribution in [0.3, 0.4) is 0 Å². The lowest BCUT2D eigenvalue weighted by molar-refractivity contribution is -0.140. The first-order valence-electron chi connectivity index (χ1n) is 15.1. The fourth-order valence-corrected chi connectivity index (χ4v) is 6.98. The number of amides is 2. The van der Waals surface area contributed by atoms with E-state index in [1.807, 2.05) is 6.92 Å². The summed E-state index contributed by atoms with van der Waals surface area (Å²) in [5.74, 6) is -1.40. The normalized spacial score (nSPS) is 13.0. The van der Waals surface area contributed by atoms with Crippen molar-refractivity contribution in [1.82, 2.24) is 10.2 Å². The predicted molar refractivity (Wildman–Crippen MR) is 186 cm³/mol. The van der Waals surface area contributed by atoms with E-state index in [2.05, 4.69) is 5.32 Å². The molecule has 0 saturated carbocycles. The molecule has 0 radical (unpaired) electrons. The molecule has 4 aromatic carbocycles. The first-order chi connectivity index (χ1) is 23.1. The monoisotopic (exact) mass is 753 g/mol. The lowest BCUT2D eigenvalue weighted by Crippen LogP contribution is -2.54. The fourth-order valence-electron chi connectivity index (χ4n) is 4.94. The summed E-state index contributed by atoms with van der Waals surface area (Å²) < 4.78 is 70.4. The molecule has 0 saturated heterocycles. The van der Waals surface area contributed by atoms with Gasteiger partial charge in [0, 0.05) is 19.0 Å². The van der Waals surface area contributed by atoms with Crippen molar-refractivity contribution in [3.63, 3.8) is 0 Å². The highest BCUT2D eigenvalue weighted by Crippen LogP contribution is 2.37. The molecular formula is C35H33Cl3F3N3O4S. The molecular weight excluding hydrogens is 722 g/mol. The van der Waals surface area contributed by atoms with Crippen LogP contribution in [0.2, 0.25) is 15.1 Å². The molecule has 0 spiro atoms. The van der Waals surface area contributed by atoms with Crippen LogP contribution in [0.4, 0.5) is 18.9 Å². The average Bonchev–Trinajstić information content (AvgIpc) is 3.07. The maximum Gasteiger partial charge on any atom is 0.416 e. The van der Waals surface area contributed by atoms with Crippen molar-refractivity contribution in [1.29, 1.82) is 0 Å². The minimum Gasteiger partial charge on any atom is -0.352 e. The number of nitrogens with one attached hydrogen (secondary N) is 1. The maximum absolute atomic E-state index is 14.6. The van der Waals surface area contributed by atoms with Crippen molar-refractivity contribution in [2.45, 2.75) is 56.4 Å². The second-order valence-electron chi connectivity index (χ2n) is 11.3. The molecule has 0 aromatic heterocycles. The van der Waals surface area contributed by atoms with E-state index in [1.165, 1.54) is 41.3 Å². The summed E-state index contributed by atoms with van der Waals surface area (Å²) in [6.07, 6.45) is -4.23. The van der Waals surface area contributed by atoms with Crippen LogP contribution in [-0.2, 0) is 38.8 Å². The molecule has 7 nitrogen and oxygen atoms in total. The van der Waals surface area contributed by atoms with Crippen LogP contribution >= 0.6 is 34.8 Å². The minimum absolute atomic E-state index is 0.0337. The number of halogens is 6. The van der Waals surface area contributed by atoms with Gasteiger partial charge in [0.1, 0.15) is 12.6 Å². The minimum atomic E-state index is -4.85. The van der Waals surface area contributed by atoms with E-state index >= 15 is 0 Å². The second kappa shape index (κ2) is 16.3. The number of nitrogens with zero attached hydrogens (tertiary/aromatic N) is 2. The summed E-state index contributed by atoms with van der Waals surface area (Å²) in [7, 11) is -4.69. The van der Waals surface area contributed by atoms with Crippen LogP contribution < -0.4 is 9.62 Å². The zero-order valence-electron chi connectivity index (χ0n) is 26.4. The Kier molecular flexibility index (Phi) is 12.6. The molecule has 260 valence electrons. The number of carbonyl (C=O) groups is 2. The highest BCUT2D eigenvalue weighted by molar-refractivity contribution is 7.92. The molecule has 2 atom stereocenters. The zero-order chi connectivity index (χ0) is 35.9. The molecule has 0 aliphatic carbocycles. The number of sulfonamides is 1. The first kappa shape index (κ1) is 38.0. The third-order valence-corrected chi connectivity index (χ3v) is 10.6. The van der Waals surface area contributed by atoms with Gasteiger partial charge in [-0.15, -0.1) is 0 Å². The standard InChI is InChI=1S/C35H33Cl3F3N3O4S/c1-3-23(2)42-34(46)32(19-24-10-6-4-7-11-24)43(21-25-14-16-28(36)30(38)18-25)33(45)22-44(49(47,48)27-12-8-5-9-13-27)31-20-26(35(39,40)41)15-17-29(31)37/h4-18,20,23,32H,3,19,21-22H2,1-2H3,(H,42,46)/t23-,32-/m0/s1. The Bertz CT molecular complexity index is 1880. The summed E-state index contributed by atoms with van der Waals surface area (Å²) >= 11 is 18.8. The summed E-state index contributed by atoms with van der Waals surface area (Å²) in [4.78, 5) is 29.4. The highest BCUT2D eigenvalue weighted by atomic mass is 35.5. The van der Waals surface area contributed by atoms with E-state index in [0.717, 1.165) is 6.07 Å². The van der Waals surface area contributed by atoms with Crippen molar-refractivity contribution in [2.24, 2.45) is 0 Å². The van der Waals surface area contributed by atoms with E-state index in [0.29, 0.717) is 34.0 Å². The fraction of sp³-hybridized carbons (Fsp3) is 0.257. The lowest BCUT2D eigenvalue weighted by atomic mass is 10.0. The first-order valence-corrected chi connectivity index (χ1v) is 17.7. The van der Waals surface area contributed by atoms with Gasteiger partial charge in [-0.05, 0) is 66.9 Å². The molecule has 2 amide bonds. The van der Waals surface area contributed by atoms with Gasteiger partial charge in [-0.25, -0.2) is 8.42 Å². The summed E-state index contributed by atoms with van der Waals surface area (Å²) in [6, 6.07) is 21.2. The lowest BCUT2D eigenvalue weighted by Gasteiger charge is -2.34. The topological polar surface area (TPSA) is 86.8 Å². The van der Waals surface area contributed by atoms with Crippen molar-refractivity contribution in [2.75, 3.05) is 10.8 Å². The molecule has 0 aliphatic rings. The Hall–Kier alpha value is -3.77. The van der Waals surface area contributed by atoms with Gasteiger partial charge in [-0.3, -0.25) is 13.9 Å². The Labute approximate surface area is 298 Å². The van der Waals surface area contributed by atoms with E-state index in [-0.39, 0.29) is 39.0 Å². The van der Waals surface area contributed by atoms with Crippen LogP contribution in [-0.4, -0.2) is 43.8 Å². The van der Waals surface area contributed by atoms with Gasteiger partial charge in [0.25, 0.3) is 10.0 Å². The molecule has 0 unspecified atom stereocenters. The number of hydrogen-bond acceptors (Lipinski definition) is 4. The quantitative estimate of drug-likeness (QED) is 0.149. The Morgan fingerprint density at radius 2 is 1.43 bits per heavy atom. The van der Waals surface area contributed by atoms with Crippen molar-refractivity contribution < 1.29 is 31.2 Å². The van der Waals surface area contributed by atoms with E-state index in [9.17, 15) is 31.2 Å². The van der Waals surface area contributed by atoms with Gasteiger partial charge in [-0.2, -0.15) is 13.2 Å². The van der Waals surface area contributed by atoms with E-state index in [1.54, 1.807) is 49.4 Å². The van der Waals surface area contributed by atoms with Gasteiger partial charge < -0.3 is 10.2 Å². The van der Waals surface area contributed by atoms with Crippen molar-refractivity contribution in [3.05, 3.63) is 129 Å². The number of alkyl halides is 3. The van der Waals surface area contributed by atoms with Gasteiger partial charge in [-0.1, -0.05) is 96.3 Å². The molecule has 14 heteroatoms. The molecule has 0 aliphatic heterocycles. The molecule has 49 heavy (non-hydrogen) atoms. The average molecular weight is 755 g/mol. The number of rotatable bonds is 13. The van der Waals surface area contributed by atoms with Gasteiger partial charge >= 0.3 is 6.18 Å². The van der Waals surface area contributed by atoms with Gasteiger partial charge in [0.05, 0.1) is 31.2 Å². The smallest absolute Gasteiger partial charge is 0.352 e. The summed E-state index contributed by atoms with van der Waals surface area (Å²) in [5.41, 5.74) is -0.567. The largest absolute Gasteiger partial charge is 0.416 e. The molecule has 0 heterocycles. The highest BCUT2D eigenvalue weighted by Gasteiger charge is 2.37. The van der Waals surface area contributed by atoms with Crippen LogP contribution in [0.5, 0.6) is 0 Å². The summed E-state index contributed by atoms with van der Waals surface area (Å²) in [5, 5.41) is 2.99. The molecule has 0 bridgehead atoms. The number of carbonyl (C=O) groups excluding carboxylic acids is 2. The van der Waals surface area contributed by atoms with E-state index < -0.39 is 51.9 Å². The number of hydrogen-bond donors (Lipinski definition) is 1. The van der Waals surface area contributed by atoms with Crippen molar-refractivity contribution >= 4 is 62.3 Å². The Morgan fingerprint density at radius 1 is 0.816 bits per heavy atom. The van der Waals surface area contributed by atoms with Crippen molar-refractivity contribution in [3.8, 4) is 0 Å². The number of anilines is 1. The maximum atomic E-state index is 14.6. The van der Waals surface area contributed by atoms with Crippen LogP contribution in [0.1, 0.15) is 37.0 Å².